The van der Waals surface area contributed by atoms with Gasteiger partial charge in [-0.15, -0.1) is 6.58 Å². The molecule has 3 rings (SSSR count). The summed E-state index contributed by atoms with van der Waals surface area (Å²) in [6.07, 6.45) is 1.60. The molecule has 0 saturated carbocycles. The number of hydrogen-bond donors (Lipinski definition) is 1. The number of para-hydroxylation sites is 1. The maximum absolute atomic E-state index is 11.7. The van der Waals surface area contributed by atoms with Crippen LogP contribution in [0.4, 0.5) is 0 Å². The van der Waals surface area contributed by atoms with Crippen LogP contribution < -0.4 is 14.8 Å². The standard InChI is InChI=1S/C21H21N3O4/c1-3-13-22-19(25)14-27-18-8-6-5-7-17(18)20-23-21(28-24-20)15-9-11-16(12-10-15)26-4-2/h3,5-12H,1,4,13-14H2,2H3,(H,22,25). The molecule has 0 aliphatic rings. The van der Waals surface area contributed by atoms with Crippen molar-refractivity contribution < 1.29 is 18.8 Å². The van der Waals surface area contributed by atoms with E-state index in [1.165, 1.54) is 0 Å². The largest absolute Gasteiger partial charge is 0.494 e. The molecular weight excluding hydrogens is 358 g/mol. The topological polar surface area (TPSA) is 86.5 Å². The number of hydrogen-bond acceptors (Lipinski definition) is 6. The fraction of sp³-hybridized carbons (Fsp3) is 0.190. The third-order valence-corrected chi connectivity index (χ3v) is 3.77. The molecule has 0 unspecified atom stereocenters. The van der Waals surface area contributed by atoms with Crippen LogP contribution >= 0.6 is 0 Å². The number of nitrogens with zero attached hydrogens (tertiary/aromatic N) is 2. The molecule has 1 amide bonds. The Morgan fingerprint density at radius 3 is 2.71 bits per heavy atom. The minimum Gasteiger partial charge on any atom is -0.494 e. The number of benzene rings is 2. The van der Waals surface area contributed by atoms with E-state index in [1.807, 2.05) is 49.4 Å². The van der Waals surface area contributed by atoms with Gasteiger partial charge in [-0.3, -0.25) is 4.79 Å². The van der Waals surface area contributed by atoms with Gasteiger partial charge in [0.25, 0.3) is 11.8 Å². The molecular formula is C21H21N3O4. The summed E-state index contributed by atoms with van der Waals surface area (Å²) in [5.41, 5.74) is 1.42. The third-order valence-electron chi connectivity index (χ3n) is 3.77. The first-order chi connectivity index (χ1) is 13.7. The Balaban J connectivity index is 1.75. The highest BCUT2D eigenvalue weighted by Gasteiger charge is 2.15. The van der Waals surface area contributed by atoms with Crippen molar-refractivity contribution in [2.45, 2.75) is 6.92 Å². The van der Waals surface area contributed by atoms with Gasteiger partial charge in [0.2, 0.25) is 5.82 Å². The monoisotopic (exact) mass is 379 g/mol. The summed E-state index contributed by atoms with van der Waals surface area (Å²) in [6.45, 7) is 6.36. The Morgan fingerprint density at radius 1 is 1.18 bits per heavy atom. The van der Waals surface area contributed by atoms with Crippen LogP contribution in [0.15, 0.2) is 65.7 Å². The molecule has 1 aromatic heterocycles. The smallest absolute Gasteiger partial charge is 0.258 e. The average Bonchev–Trinajstić information content (AvgIpc) is 3.22. The summed E-state index contributed by atoms with van der Waals surface area (Å²) in [5, 5.41) is 6.71. The summed E-state index contributed by atoms with van der Waals surface area (Å²) in [5.74, 6) is 1.80. The van der Waals surface area contributed by atoms with Gasteiger partial charge in [0.15, 0.2) is 6.61 Å². The number of rotatable bonds is 9. The van der Waals surface area contributed by atoms with Crippen molar-refractivity contribution in [2.24, 2.45) is 0 Å². The van der Waals surface area contributed by atoms with Crippen LogP contribution in [0, 0.1) is 0 Å². The summed E-state index contributed by atoms with van der Waals surface area (Å²) in [7, 11) is 0. The summed E-state index contributed by atoms with van der Waals surface area (Å²) < 4.78 is 16.5. The fourth-order valence-corrected chi connectivity index (χ4v) is 2.47. The molecule has 0 saturated heterocycles. The molecule has 0 aliphatic carbocycles. The Morgan fingerprint density at radius 2 is 1.96 bits per heavy atom. The normalized spacial score (nSPS) is 10.3. The Kier molecular flexibility index (Phi) is 6.41. The lowest BCUT2D eigenvalue weighted by atomic mass is 10.2. The number of amides is 1. The highest BCUT2D eigenvalue weighted by molar-refractivity contribution is 5.78. The van der Waals surface area contributed by atoms with Crippen molar-refractivity contribution >= 4 is 5.91 Å². The first-order valence-corrected chi connectivity index (χ1v) is 8.88. The molecule has 7 heteroatoms. The van der Waals surface area contributed by atoms with Crippen molar-refractivity contribution in [3.8, 4) is 34.3 Å². The lowest BCUT2D eigenvalue weighted by Gasteiger charge is -2.09. The van der Waals surface area contributed by atoms with E-state index in [1.54, 1.807) is 12.1 Å². The van der Waals surface area contributed by atoms with Gasteiger partial charge in [-0.25, -0.2) is 0 Å². The average molecular weight is 379 g/mol. The molecule has 1 heterocycles. The van der Waals surface area contributed by atoms with Crippen molar-refractivity contribution in [3.05, 3.63) is 61.2 Å². The molecule has 0 spiro atoms. The third kappa shape index (κ3) is 4.76. The van der Waals surface area contributed by atoms with E-state index in [2.05, 4.69) is 22.0 Å². The summed E-state index contributed by atoms with van der Waals surface area (Å²) in [4.78, 5) is 16.2. The van der Waals surface area contributed by atoms with Crippen LogP contribution in [0.25, 0.3) is 22.8 Å². The second kappa shape index (κ2) is 9.36. The molecule has 28 heavy (non-hydrogen) atoms. The van der Waals surface area contributed by atoms with Gasteiger partial charge in [-0.1, -0.05) is 23.4 Å². The molecule has 0 bridgehead atoms. The van der Waals surface area contributed by atoms with Crippen LogP contribution in [-0.4, -0.2) is 35.8 Å². The minimum atomic E-state index is -0.238. The molecule has 0 aliphatic heterocycles. The van der Waals surface area contributed by atoms with Gasteiger partial charge in [0.1, 0.15) is 11.5 Å². The quantitative estimate of drug-likeness (QED) is 0.573. The number of carbonyl (C=O) groups excluding carboxylic acids is 1. The summed E-state index contributed by atoms with van der Waals surface area (Å²) >= 11 is 0. The Labute approximate surface area is 163 Å². The number of aromatic nitrogens is 2. The zero-order chi connectivity index (χ0) is 19.8. The molecule has 144 valence electrons. The molecule has 3 aromatic rings. The number of ether oxygens (including phenoxy) is 2. The van der Waals surface area contributed by atoms with Gasteiger partial charge in [0.05, 0.1) is 12.2 Å². The Hall–Kier alpha value is -3.61. The van der Waals surface area contributed by atoms with E-state index in [0.717, 1.165) is 11.3 Å². The first-order valence-electron chi connectivity index (χ1n) is 8.88. The van der Waals surface area contributed by atoms with Crippen molar-refractivity contribution in [1.82, 2.24) is 15.5 Å². The highest BCUT2D eigenvalue weighted by atomic mass is 16.5. The molecule has 7 nitrogen and oxygen atoms in total. The van der Waals surface area contributed by atoms with E-state index in [4.69, 9.17) is 14.0 Å². The molecule has 0 atom stereocenters. The van der Waals surface area contributed by atoms with Crippen LogP contribution in [0.3, 0.4) is 0 Å². The van der Waals surface area contributed by atoms with E-state index in [-0.39, 0.29) is 12.5 Å². The Bertz CT molecular complexity index is 935. The van der Waals surface area contributed by atoms with Crippen molar-refractivity contribution in [3.63, 3.8) is 0 Å². The predicted octanol–water partition coefficient (Wildman–Crippen LogP) is 3.48. The van der Waals surface area contributed by atoms with Crippen LogP contribution in [0.2, 0.25) is 0 Å². The van der Waals surface area contributed by atoms with Crippen LogP contribution in [0.5, 0.6) is 11.5 Å². The zero-order valence-electron chi connectivity index (χ0n) is 15.6. The second-order valence-electron chi connectivity index (χ2n) is 5.76. The van der Waals surface area contributed by atoms with E-state index < -0.39 is 0 Å². The van der Waals surface area contributed by atoms with Crippen molar-refractivity contribution in [1.29, 1.82) is 0 Å². The molecule has 0 fully saturated rings. The van der Waals surface area contributed by atoms with Crippen LogP contribution in [-0.2, 0) is 4.79 Å². The summed E-state index contributed by atoms with van der Waals surface area (Å²) in [6, 6.07) is 14.6. The van der Waals surface area contributed by atoms with Gasteiger partial charge in [0, 0.05) is 12.1 Å². The van der Waals surface area contributed by atoms with Gasteiger partial charge in [-0.2, -0.15) is 4.98 Å². The van der Waals surface area contributed by atoms with Gasteiger partial charge in [-0.05, 0) is 43.3 Å². The molecule has 0 radical (unpaired) electrons. The fourth-order valence-electron chi connectivity index (χ4n) is 2.47. The highest BCUT2D eigenvalue weighted by Crippen LogP contribution is 2.30. The zero-order valence-corrected chi connectivity index (χ0v) is 15.6. The minimum absolute atomic E-state index is 0.117. The maximum atomic E-state index is 11.7. The van der Waals surface area contributed by atoms with Gasteiger partial charge >= 0.3 is 0 Å². The lowest BCUT2D eigenvalue weighted by molar-refractivity contribution is -0.122. The SMILES string of the molecule is C=CCNC(=O)COc1ccccc1-c1noc(-c2ccc(OCC)cc2)n1. The van der Waals surface area contributed by atoms with E-state index in [9.17, 15) is 4.79 Å². The number of nitrogens with one attached hydrogen (secondary N) is 1. The molecule has 2 aromatic carbocycles. The van der Waals surface area contributed by atoms with Crippen LogP contribution in [0.1, 0.15) is 6.92 Å². The predicted molar refractivity (Wildman–Crippen MR) is 105 cm³/mol. The second-order valence-corrected chi connectivity index (χ2v) is 5.76. The van der Waals surface area contributed by atoms with Gasteiger partial charge < -0.3 is 19.3 Å². The maximum Gasteiger partial charge on any atom is 0.258 e. The first kappa shape index (κ1) is 19.2. The van der Waals surface area contributed by atoms with E-state index in [0.29, 0.717) is 36.2 Å². The number of carbonyl (C=O) groups is 1. The van der Waals surface area contributed by atoms with E-state index >= 15 is 0 Å². The lowest BCUT2D eigenvalue weighted by Crippen LogP contribution is -2.28. The molecule has 1 N–H and O–H groups in total. The van der Waals surface area contributed by atoms with Crippen molar-refractivity contribution in [2.75, 3.05) is 19.8 Å².